The number of carbonyl (C=O) groups is 1. The summed E-state index contributed by atoms with van der Waals surface area (Å²) >= 11 is 0. The number of nitrogens with two attached hydrogens (primary N) is 1. The molecule has 1 amide bonds. The van der Waals surface area contributed by atoms with E-state index in [0.29, 0.717) is 5.69 Å². The highest BCUT2D eigenvalue weighted by Crippen LogP contribution is 2.20. The minimum Gasteiger partial charge on any atom is -0.399 e. The summed E-state index contributed by atoms with van der Waals surface area (Å²) in [7, 11) is 0. The van der Waals surface area contributed by atoms with Crippen LogP contribution in [0.5, 0.6) is 0 Å². The van der Waals surface area contributed by atoms with Crippen molar-refractivity contribution in [3.8, 4) is 0 Å². The predicted octanol–water partition coefficient (Wildman–Crippen LogP) is 2.94. The molecule has 0 atom stereocenters. The molecule has 0 radical (unpaired) electrons. The summed E-state index contributed by atoms with van der Waals surface area (Å²) in [5.74, 6) is -5.04. The molecule has 98 valence electrons. The van der Waals surface area contributed by atoms with E-state index < -0.39 is 29.0 Å². The Bertz CT molecular complexity index is 627. The molecule has 0 saturated heterocycles. The lowest BCUT2D eigenvalue weighted by Crippen LogP contribution is -2.13. The number of hydrogen-bond donors (Lipinski definition) is 2. The van der Waals surface area contributed by atoms with Gasteiger partial charge in [0.25, 0.3) is 5.91 Å². The number of halogens is 3. The van der Waals surface area contributed by atoms with E-state index in [-0.39, 0.29) is 5.56 Å². The number of hydrogen-bond acceptors (Lipinski definition) is 2. The van der Waals surface area contributed by atoms with Crippen LogP contribution in [0.1, 0.15) is 10.4 Å². The van der Waals surface area contributed by atoms with Gasteiger partial charge in [0, 0.05) is 11.3 Å². The normalized spacial score (nSPS) is 10.3. The third kappa shape index (κ3) is 2.67. The van der Waals surface area contributed by atoms with Crippen LogP contribution in [-0.4, -0.2) is 5.91 Å². The zero-order valence-corrected chi connectivity index (χ0v) is 9.58. The van der Waals surface area contributed by atoms with Crippen LogP contribution >= 0.6 is 0 Å². The molecule has 2 rings (SSSR count). The van der Waals surface area contributed by atoms with Crippen LogP contribution in [0.3, 0.4) is 0 Å². The molecule has 6 heteroatoms. The second-order valence-corrected chi connectivity index (χ2v) is 3.80. The molecule has 0 aliphatic rings. The topological polar surface area (TPSA) is 55.1 Å². The van der Waals surface area contributed by atoms with Gasteiger partial charge in [0.15, 0.2) is 17.5 Å². The first-order valence-electron chi connectivity index (χ1n) is 5.29. The zero-order valence-electron chi connectivity index (χ0n) is 9.58. The lowest BCUT2D eigenvalue weighted by atomic mass is 10.2. The van der Waals surface area contributed by atoms with Crippen molar-refractivity contribution >= 4 is 17.3 Å². The van der Waals surface area contributed by atoms with Gasteiger partial charge in [0.1, 0.15) is 0 Å². The quantitative estimate of drug-likeness (QED) is 0.648. The first-order valence-corrected chi connectivity index (χ1v) is 5.29. The number of anilines is 2. The highest BCUT2D eigenvalue weighted by Gasteiger charge is 2.15. The molecule has 19 heavy (non-hydrogen) atoms. The van der Waals surface area contributed by atoms with Gasteiger partial charge in [-0.15, -0.1) is 0 Å². The second kappa shape index (κ2) is 5.01. The van der Waals surface area contributed by atoms with Crippen LogP contribution in [-0.2, 0) is 0 Å². The number of amides is 1. The van der Waals surface area contributed by atoms with Crippen molar-refractivity contribution in [3.63, 3.8) is 0 Å². The molecule has 2 aromatic rings. The predicted molar refractivity (Wildman–Crippen MR) is 65.1 cm³/mol. The van der Waals surface area contributed by atoms with Crippen molar-refractivity contribution in [2.24, 2.45) is 0 Å². The standard InChI is InChI=1S/C13H9F3N2O/c14-9-5-6-10(12(16)11(9)15)18-13(19)7-1-3-8(17)4-2-7/h1-6H,17H2,(H,18,19). The highest BCUT2D eigenvalue weighted by molar-refractivity contribution is 6.04. The van der Waals surface area contributed by atoms with Gasteiger partial charge in [-0.25, -0.2) is 13.2 Å². The molecule has 0 spiro atoms. The van der Waals surface area contributed by atoms with Gasteiger partial charge in [-0.05, 0) is 36.4 Å². The van der Waals surface area contributed by atoms with Crippen LogP contribution in [0, 0.1) is 17.5 Å². The van der Waals surface area contributed by atoms with Gasteiger partial charge >= 0.3 is 0 Å². The number of rotatable bonds is 2. The lowest BCUT2D eigenvalue weighted by molar-refractivity contribution is 0.102. The summed E-state index contributed by atoms with van der Waals surface area (Å²) in [4.78, 5) is 11.7. The largest absolute Gasteiger partial charge is 0.399 e. The van der Waals surface area contributed by atoms with Gasteiger partial charge in [-0.1, -0.05) is 0 Å². The minimum absolute atomic E-state index is 0.221. The van der Waals surface area contributed by atoms with E-state index in [2.05, 4.69) is 5.32 Å². The summed E-state index contributed by atoms with van der Waals surface area (Å²) in [6.45, 7) is 0. The summed E-state index contributed by atoms with van der Waals surface area (Å²) < 4.78 is 39.1. The number of nitrogen functional groups attached to an aromatic ring is 1. The highest BCUT2D eigenvalue weighted by atomic mass is 19.2. The first-order chi connectivity index (χ1) is 8.99. The molecule has 0 aliphatic heterocycles. The lowest BCUT2D eigenvalue weighted by Gasteiger charge is -2.07. The maximum Gasteiger partial charge on any atom is 0.255 e. The van der Waals surface area contributed by atoms with E-state index >= 15 is 0 Å². The van der Waals surface area contributed by atoms with E-state index in [4.69, 9.17) is 5.73 Å². The molecule has 0 bridgehead atoms. The molecule has 0 aliphatic carbocycles. The van der Waals surface area contributed by atoms with Gasteiger partial charge < -0.3 is 11.1 Å². The molecule has 0 unspecified atom stereocenters. The van der Waals surface area contributed by atoms with Crippen LogP contribution in [0.25, 0.3) is 0 Å². The second-order valence-electron chi connectivity index (χ2n) is 3.80. The molecule has 2 aromatic carbocycles. The fraction of sp³-hybridized carbons (Fsp3) is 0. The molecule has 0 heterocycles. The number of nitrogens with one attached hydrogen (secondary N) is 1. The Morgan fingerprint density at radius 3 is 2.21 bits per heavy atom. The fourth-order valence-electron chi connectivity index (χ4n) is 1.45. The number of benzene rings is 2. The SMILES string of the molecule is Nc1ccc(C(=O)Nc2ccc(F)c(F)c2F)cc1. The third-order valence-electron chi connectivity index (χ3n) is 2.46. The minimum atomic E-state index is -1.63. The smallest absolute Gasteiger partial charge is 0.255 e. The Hall–Kier alpha value is -2.50. The van der Waals surface area contributed by atoms with E-state index in [1.165, 1.54) is 24.3 Å². The monoisotopic (exact) mass is 266 g/mol. The molecular weight excluding hydrogens is 257 g/mol. The zero-order chi connectivity index (χ0) is 14.0. The van der Waals surface area contributed by atoms with Crippen molar-refractivity contribution in [1.29, 1.82) is 0 Å². The average molecular weight is 266 g/mol. The average Bonchev–Trinajstić information content (AvgIpc) is 2.40. The molecule has 0 saturated carbocycles. The Morgan fingerprint density at radius 2 is 1.58 bits per heavy atom. The fourth-order valence-corrected chi connectivity index (χ4v) is 1.45. The van der Waals surface area contributed by atoms with Crippen LogP contribution in [0.15, 0.2) is 36.4 Å². The Labute approximate surface area is 106 Å². The summed E-state index contributed by atoms with van der Waals surface area (Å²) in [5.41, 5.74) is 5.72. The van der Waals surface area contributed by atoms with Crippen molar-refractivity contribution in [1.82, 2.24) is 0 Å². The van der Waals surface area contributed by atoms with Crippen LogP contribution in [0.4, 0.5) is 24.5 Å². The van der Waals surface area contributed by atoms with Crippen molar-refractivity contribution in [2.75, 3.05) is 11.1 Å². The van der Waals surface area contributed by atoms with E-state index in [1.54, 1.807) is 0 Å². The Balaban J connectivity index is 2.24. The molecule has 0 fully saturated rings. The van der Waals surface area contributed by atoms with E-state index in [0.717, 1.165) is 12.1 Å². The van der Waals surface area contributed by atoms with Crippen molar-refractivity contribution in [3.05, 3.63) is 59.4 Å². The third-order valence-corrected chi connectivity index (χ3v) is 2.46. The van der Waals surface area contributed by atoms with Crippen molar-refractivity contribution in [2.45, 2.75) is 0 Å². The van der Waals surface area contributed by atoms with Gasteiger partial charge in [-0.2, -0.15) is 0 Å². The Morgan fingerprint density at radius 1 is 0.947 bits per heavy atom. The van der Waals surface area contributed by atoms with E-state index in [9.17, 15) is 18.0 Å². The maximum absolute atomic E-state index is 13.4. The van der Waals surface area contributed by atoms with Crippen molar-refractivity contribution < 1.29 is 18.0 Å². The molecular formula is C13H9F3N2O. The van der Waals surface area contributed by atoms with Crippen LogP contribution in [0.2, 0.25) is 0 Å². The number of carbonyl (C=O) groups excluding carboxylic acids is 1. The van der Waals surface area contributed by atoms with E-state index in [1.807, 2.05) is 0 Å². The Kier molecular flexibility index (Phi) is 3.41. The summed E-state index contributed by atoms with van der Waals surface area (Å²) in [6, 6.07) is 7.54. The molecule has 3 nitrogen and oxygen atoms in total. The van der Waals surface area contributed by atoms with Gasteiger partial charge in [0.05, 0.1) is 5.69 Å². The molecule has 0 aromatic heterocycles. The summed E-state index contributed by atoms with van der Waals surface area (Å²) in [6.07, 6.45) is 0. The van der Waals surface area contributed by atoms with Gasteiger partial charge in [0.2, 0.25) is 0 Å². The van der Waals surface area contributed by atoms with Crippen LogP contribution < -0.4 is 11.1 Å². The molecule has 3 N–H and O–H groups in total. The first kappa shape index (κ1) is 12.9. The summed E-state index contributed by atoms with van der Waals surface area (Å²) in [5, 5.41) is 2.15. The maximum atomic E-state index is 13.4. The van der Waals surface area contributed by atoms with Gasteiger partial charge in [-0.3, -0.25) is 4.79 Å².